The van der Waals surface area contributed by atoms with Gasteiger partial charge in [-0.1, -0.05) is 0 Å². The maximum absolute atomic E-state index is 12.0. The molecule has 0 N–H and O–H groups in total. The SMILES string of the molecule is CN(C(=O)OC(C)(C)C)[C@H]1CCCN(C(=O)CCl)C1. The first kappa shape index (κ1) is 16.1. The summed E-state index contributed by atoms with van der Waals surface area (Å²) in [5.41, 5.74) is -0.508. The Hall–Kier alpha value is -0.970. The number of rotatable bonds is 2. The summed E-state index contributed by atoms with van der Waals surface area (Å²) in [5, 5.41) is 0. The Morgan fingerprint density at radius 2 is 2.05 bits per heavy atom. The highest BCUT2D eigenvalue weighted by Gasteiger charge is 2.30. The van der Waals surface area contributed by atoms with E-state index < -0.39 is 5.60 Å². The second kappa shape index (κ2) is 6.46. The quantitative estimate of drug-likeness (QED) is 0.732. The Balaban J connectivity index is 2.59. The molecule has 1 fully saturated rings. The van der Waals surface area contributed by atoms with Crippen LogP contribution in [0.1, 0.15) is 33.6 Å². The van der Waals surface area contributed by atoms with E-state index >= 15 is 0 Å². The molecule has 0 unspecified atom stereocenters. The Morgan fingerprint density at radius 1 is 1.42 bits per heavy atom. The van der Waals surface area contributed by atoms with Gasteiger partial charge < -0.3 is 14.5 Å². The van der Waals surface area contributed by atoms with Crippen molar-refractivity contribution >= 4 is 23.6 Å². The molecule has 5 nitrogen and oxygen atoms in total. The number of hydrogen-bond donors (Lipinski definition) is 0. The van der Waals surface area contributed by atoms with Crippen LogP contribution in [-0.4, -0.2) is 59.5 Å². The van der Waals surface area contributed by atoms with Crippen LogP contribution >= 0.6 is 11.6 Å². The molecule has 1 atom stereocenters. The van der Waals surface area contributed by atoms with Crippen LogP contribution in [-0.2, 0) is 9.53 Å². The summed E-state index contributed by atoms with van der Waals surface area (Å²) < 4.78 is 5.33. The lowest BCUT2D eigenvalue weighted by molar-refractivity contribution is -0.130. The van der Waals surface area contributed by atoms with Gasteiger partial charge in [0, 0.05) is 20.1 Å². The molecule has 6 heteroatoms. The average molecular weight is 291 g/mol. The van der Waals surface area contributed by atoms with Crippen molar-refractivity contribution in [1.82, 2.24) is 9.80 Å². The van der Waals surface area contributed by atoms with Crippen LogP contribution < -0.4 is 0 Å². The van der Waals surface area contributed by atoms with E-state index in [9.17, 15) is 9.59 Å². The first-order valence-corrected chi connectivity index (χ1v) is 7.07. The third-order valence-electron chi connectivity index (χ3n) is 3.09. The molecule has 0 bridgehead atoms. The topological polar surface area (TPSA) is 49.9 Å². The lowest BCUT2D eigenvalue weighted by atomic mass is 10.0. The van der Waals surface area contributed by atoms with Gasteiger partial charge in [0.25, 0.3) is 0 Å². The molecular formula is C13H23ClN2O3. The van der Waals surface area contributed by atoms with Crippen molar-refractivity contribution < 1.29 is 14.3 Å². The molecule has 0 aromatic carbocycles. The van der Waals surface area contributed by atoms with Crippen molar-refractivity contribution in [2.24, 2.45) is 0 Å². The third-order valence-corrected chi connectivity index (χ3v) is 3.32. The summed E-state index contributed by atoms with van der Waals surface area (Å²) in [7, 11) is 1.72. The lowest BCUT2D eigenvalue weighted by Gasteiger charge is -2.37. The van der Waals surface area contributed by atoms with Crippen molar-refractivity contribution in [2.45, 2.75) is 45.3 Å². The minimum Gasteiger partial charge on any atom is -0.444 e. The van der Waals surface area contributed by atoms with Crippen LogP contribution in [0.4, 0.5) is 4.79 Å². The van der Waals surface area contributed by atoms with Crippen molar-refractivity contribution in [2.75, 3.05) is 26.0 Å². The van der Waals surface area contributed by atoms with E-state index in [1.54, 1.807) is 16.8 Å². The van der Waals surface area contributed by atoms with Gasteiger partial charge in [-0.3, -0.25) is 4.79 Å². The summed E-state index contributed by atoms with van der Waals surface area (Å²) in [6.45, 7) is 6.75. The smallest absolute Gasteiger partial charge is 0.410 e. The summed E-state index contributed by atoms with van der Waals surface area (Å²) in [5.74, 6) is -0.0907. The van der Waals surface area contributed by atoms with Gasteiger partial charge in [0.15, 0.2) is 0 Å². The fraction of sp³-hybridized carbons (Fsp3) is 0.846. The number of hydrogen-bond acceptors (Lipinski definition) is 3. The van der Waals surface area contributed by atoms with Gasteiger partial charge in [-0.2, -0.15) is 0 Å². The van der Waals surface area contributed by atoms with E-state index in [-0.39, 0.29) is 23.9 Å². The molecular weight excluding hydrogens is 268 g/mol. The van der Waals surface area contributed by atoms with Gasteiger partial charge in [-0.25, -0.2) is 4.79 Å². The second-order valence-electron chi connectivity index (χ2n) is 5.86. The highest BCUT2D eigenvalue weighted by atomic mass is 35.5. The van der Waals surface area contributed by atoms with Crippen molar-refractivity contribution in [3.8, 4) is 0 Å². The lowest BCUT2D eigenvalue weighted by Crippen LogP contribution is -2.51. The molecule has 1 rings (SSSR count). The van der Waals surface area contributed by atoms with Crippen LogP contribution in [0.5, 0.6) is 0 Å². The molecule has 0 aliphatic carbocycles. The number of piperidine rings is 1. The molecule has 0 saturated carbocycles. The van der Waals surface area contributed by atoms with Gasteiger partial charge in [-0.05, 0) is 33.6 Å². The average Bonchev–Trinajstić information content (AvgIpc) is 2.35. The van der Waals surface area contributed by atoms with Gasteiger partial charge >= 0.3 is 6.09 Å². The largest absolute Gasteiger partial charge is 0.444 e. The maximum Gasteiger partial charge on any atom is 0.410 e. The van der Waals surface area contributed by atoms with Crippen LogP contribution in [0.2, 0.25) is 0 Å². The van der Waals surface area contributed by atoms with Crippen LogP contribution in [0.3, 0.4) is 0 Å². The number of likely N-dealkylation sites (tertiary alicyclic amines) is 1. The zero-order valence-electron chi connectivity index (χ0n) is 12.1. The predicted octanol–water partition coefficient (Wildman–Crippen LogP) is 2.08. The van der Waals surface area contributed by atoms with Gasteiger partial charge in [0.1, 0.15) is 11.5 Å². The zero-order chi connectivity index (χ0) is 14.6. The van der Waals surface area contributed by atoms with Crippen molar-refractivity contribution in [3.05, 3.63) is 0 Å². The van der Waals surface area contributed by atoms with Crippen LogP contribution in [0, 0.1) is 0 Å². The second-order valence-corrected chi connectivity index (χ2v) is 6.13. The molecule has 2 amide bonds. The zero-order valence-corrected chi connectivity index (χ0v) is 12.9. The molecule has 1 saturated heterocycles. The highest BCUT2D eigenvalue weighted by molar-refractivity contribution is 6.27. The van der Waals surface area contributed by atoms with E-state index in [4.69, 9.17) is 16.3 Å². The number of carbonyl (C=O) groups excluding carboxylic acids is 2. The summed E-state index contributed by atoms with van der Waals surface area (Å²) in [6.07, 6.45) is 1.40. The van der Waals surface area contributed by atoms with E-state index in [0.717, 1.165) is 12.8 Å². The summed E-state index contributed by atoms with van der Waals surface area (Å²) in [6, 6.07) is -0.00392. The minimum atomic E-state index is -0.508. The third kappa shape index (κ3) is 4.90. The standard InChI is InChI=1S/C13H23ClN2O3/c1-13(2,3)19-12(18)15(4)10-6-5-7-16(9-10)11(17)8-14/h10H,5-9H2,1-4H3/t10-/m0/s1. The highest BCUT2D eigenvalue weighted by Crippen LogP contribution is 2.18. The van der Waals surface area contributed by atoms with Gasteiger partial charge in [0.2, 0.25) is 5.91 Å². The summed E-state index contributed by atoms with van der Waals surface area (Å²) in [4.78, 5) is 26.9. The Bertz CT molecular complexity index is 341. The molecule has 19 heavy (non-hydrogen) atoms. The Morgan fingerprint density at radius 3 is 2.58 bits per heavy atom. The van der Waals surface area contributed by atoms with Crippen molar-refractivity contribution in [1.29, 1.82) is 0 Å². The van der Waals surface area contributed by atoms with Gasteiger partial charge in [-0.15, -0.1) is 11.6 Å². The molecule has 0 radical (unpaired) electrons. The van der Waals surface area contributed by atoms with E-state index in [1.165, 1.54) is 0 Å². The molecule has 1 heterocycles. The number of carbonyl (C=O) groups is 2. The van der Waals surface area contributed by atoms with E-state index in [1.807, 2.05) is 20.8 Å². The fourth-order valence-corrected chi connectivity index (χ4v) is 2.23. The van der Waals surface area contributed by atoms with E-state index in [2.05, 4.69) is 0 Å². The minimum absolute atomic E-state index is 0.00392. The normalized spacial score (nSPS) is 20.1. The molecule has 1 aliphatic heterocycles. The molecule has 110 valence electrons. The number of nitrogens with zero attached hydrogens (tertiary/aromatic N) is 2. The fourth-order valence-electron chi connectivity index (χ4n) is 2.06. The monoisotopic (exact) mass is 290 g/mol. The van der Waals surface area contributed by atoms with Gasteiger partial charge in [0.05, 0.1) is 6.04 Å². The Kier molecular flexibility index (Phi) is 5.47. The van der Waals surface area contributed by atoms with Crippen LogP contribution in [0.15, 0.2) is 0 Å². The van der Waals surface area contributed by atoms with Crippen LogP contribution in [0.25, 0.3) is 0 Å². The van der Waals surface area contributed by atoms with Crippen molar-refractivity contribution in [3.63, 3.8) is 0 Å². The first-order chi connectivity index (χ1) is 8.74. The van der Waals surface area contributed by atoms with E-state index in [0.29, 0.717) is 13.1 Å². The first-order valence-electron chi connectivity index (χ1n) is 6.54. The number of halogens is 1. The number of amides is 2. The predicted molar refractivity (Wildman–Crippen MR) is 74.3 cm³/mol. The number of likely N-dealkylation sites (N-methyl/N-ethyl adjacent to an activating group) is 1. The Labute approximate surface area is 119 Å². The number of ether oxygens (including phenoxy) is 1. The maximum atomic E-state index is 12.0. The number of alkyl halides is 1. The summed E-state index contributed by atoms with van der Waals surface area (Å²) >= 11 is 5.57. The molecule has 0 aromatic rings. The molecule has 0 spiro atoms. The molecule has 0 aromatic heterocycles. The molecule has 1 aliphatic rings.